The van der Waals surface area contributed by atoms with Crippen molar-refractivity contribution in [2.45, 2.75) is 77.0 Å². The van der Waals surface area contributed by atoms with E-state index >= 15 is 0 Å². The minimum atomic E-state index is 1.14. The predicted molar refractivity (Wildman–Crippen MR) is 79.6 cm³/mol. The van der Waals surface area contributed by atoms with Crippen molar-refractivity contribution in [2.24, 2.45) is 0 Å². The van der Waals surface area contributed by atoms with Crippen molar-refractivity contribution in [3.05, 3.63) is 24.0 Å². The van der Waals surface area contributed by atoms with Gasteiger partial charge in [-0.1, -0.05) is 37.8 Å². The van der Waals surface area contributed by atoms with E-state index in [1.807, 2.05) is 7.11 Å². The average Bonchev–Trinajstić information content (AvgIpc) is 2.39. The minimum absolute atomic E-state index is 1.14. The van der Waals surface area contributed by atoms with Gasteiger partial charge >= 0.3 is 0 Å². The second-order valence-corrected chi connectivity index (χ2v) is 5.29. The third-order valence-corrected chi connectivity index (χ3v) is 3.67. The maximum atomic E-state index is 5.45. The van der Waals surface area contributed by atoms with Gasteiger partial charge in [0.15, 0.2) is 0 Å². The topological polar surface area (TPSA) is 9.23 Å². The molecule has 0 aliphatic heterocycles. The minimum Gasteiger partial charge on any atom is -0.501 e. The van der Waals surface area contributed by atoms with Gasteiger partial charge in [0.1, 0.15) is 0 Å². The highest BCUT2D eigenvalue weighted by molar-refractivity contribution is 4.92. The summed E-state index contributed by atoms with van der Waals surface area (Å²) in [5.41, 5.74) is 0. The van der Waals surface area contributed by atoms with Crippen LogP contribution in [-0.4, -0.2) is 7.11 Å². The summed E-state index contributed by atoms with van der Waals surface area (Å²) < 4.78 is 5.45. The normalized spacial score (nSPS) is 25.9. The standard InChI is InChI=1S/C17H30O/c1-18-17-15-13-11-9-7-5-3-2-4-6-8-10-12-14-16-17/h2-3,15H,4-14,16H2,1H3/b3-2-,17-15+. The van der Waals surface area contributed by atoms with Crippen molar-refractivity contribution < 1.29 is 4.74 Å². The molecule has 0 fully saturated rings. The maximum absolute atomic E-state index is 5.45. The summed E-state index contributed by atoms with van der Waals surface area (Å²) in [4.78, 5) is 0. The van der Waals surface area contributed by atoms with Crippen molar-refractivity contribution >= 4 is 0 Å². The average molecular weight is 250 g/mol. The summed E-state index contributed by atoms with van der Waals surface area (Å²) in [7, 11) is 1.81. The molecule has 0 amide bonds. The Morgan fingerprint density at radius 3 is 2.00 bits per heavy atom. The Labute approximate surface area is 113 Å². The van der Waals surface area contributed by atoms with E-state index in [0.29, 0.717) is 0 Å². The van der Waals surface area contributed by atoms with Crippen molar-refractivity contribution in [2.75, 3.05) is 7.11 Å². The van der Waals surface area contributed by atoms with E-state index in [0.717, 1.165) is 6.42 Å². The third-order valence-electron chi connectivity index (χ3n) is 3.67. The van der Waals surface area contributed by atoms with Crippen LogP contribution in [0.25, 0.3) is 0 Å². The first-order valence-electron chi connectivity index (χ1n) is 7.81. The van der Waals surface area contributed by atoms with Crippen LogP contribution < -0.4 is 0 Å². The molecule has 0 heterocycles. The maximum Gasteiger partial charge on any atom is 0.0915 e. The number of allylic oxidation sites excluding steroid dienone is 4. The van der Waals surface area contributed by atoms with E-state index in [-0.39, 0.29) is 0 Å². The van der Waals surface area contributed by atoms with E-state index in [1.165, 1.54) is 76.4 Å². The summed E-state index contributed by atoms with van der Waals surface area (Å²) in [6, 6.07) is 0. The smallest absolute Gasteiger partial charge is 0.0915 e. The van der Waals surface area contributed by atoms with Crippen LogP contribution in [-0.2, 0) is 4.74 Å². The summed E-state index contributed by atoms with van der Waals surface area (Å²) in [5, 5.41) is 0. The van der Waals surface area contributed by atoms with Gasteiger partial charge in [-0.25, -0.2) is 0 Å². The van der Waals surface area contributed by atoms with E-state index in [4.69, 9.17) is 4.74 Å². The zero-order valence-electron chi connectivity index (χ0n) is 12.1. The Balaban J connectivity index is 2.29. The van der Waals surface area contributed by atoms with Gasteiger partial charge in [-0.05, 0) is 51.0 Å². The van der Waals surface area contributed by atoms with Gasteiger partial charge in [0.25, 0.3) is 0 Å². The van der Waals surface area contributed by atoms with Crippen LogP contribution in [0.1, 0.15) is 77.0 Å². The molecular formula is C17H30O. The Hall–Kier alpha value is -0.720. The van der Waals surface area contributed by atoms with Crippen molar-refractivity contribution in [1.29, 1.82) is 0 Å². The van der Waals surface area contributed by atoms with Crippen LogP contribution in [0, 0.1) is 0 Å². The van der Waals surface area contributed by atoms with Crippen molar-refractivity contribution in [3.8, 4) is 0 Å². The molecule has 0 bridgehead atoms. The third kappa shape index (κ3) is 8.38. The van der Waals surface area contributed by atoms with Gasteiger partial charge in [0.05, 0.1) is 12.9 Å². The van der Waals surface area contributed by atoms with Crippen molar-refractivity contribution in [1.82, 2.24) is 0 Å². The fourth-order valence-corrected chi connectivity index (χ4v) is 2.46. The van der Waals surface area contributed by atoms with Crippen LogP contribution in [0.15, 0.2) is 24.0 Å². The van der Waals surface area contributed by atoms with E-state index in [2.05, 4.69) is 18.2 Å². The molecule has 1 aliphatic carbocycles. The Bertz CT molecular complexity index is 240. The number of ether oxygens (including phenoxy) is 1. The monoisotopic (exact) mass is 250 g/mol. The lowest BCUT2D eigenvalue weighted by Crippen LogP contribution is -1.89. The first-order valence-corrected chi connectivity index (χ1v) is 7.81. The van der Waals surface area contributed by atoms with Gasteiger partial charge in [-0.2, -0.15) is 0 Å². The Morgan fingerprint density at radius 1 is 0.722 bits per heavy atom. The van der Waals surface area contributed by atoms with Gasteiger partial charge in [0, 0.05) is 6.42 Å². The van der Waals surface area contributed by atoms with Gasteiger partial charge in [0.2, 0.25) is 0 Å². The number of rotatable bonds is 1. The molecule has 0 N–H and O–H groups in total. The molecule has 0 radical (unpaired) electrons. The summed E-state index contributed by atoms with van der Waals surface area (Å²) in [6.45, 7) is 0. The van der Waals surface area contributed by atoms with Crippen LogP contribution >= 0.6 is 0 Å². The first-order chi connectivity index (χ1) is 8.93. The van der Waals surface area contributed by atoms with Crippen LogP contribution in [0.4, 0.5) is 0 Å². The molecule has 1 heteroatoms. The second-order valence-electron chi connectivity index (χ2n) is 5.29. The molecule has 0 unspecified atom stereocenters. The predicted octanol–water partition coefficient (Wildman–Crippen LogP) is 5.77. The van der Waals surface area contributed by atoms with Gasteiger partial charge < -0.3 is 4.74 Å². The summed E-state index contributed by atoms with van der Waals surface area (Å²) in [6.07, 6.45) is 22.7. The molecule has 1 rings (SSSR count). The van der Waals surface area contributed by atoms with Gasteiger partial charge in [-0.15, -0.1) is 0 Å². The number of hydrogen-bond acceptors (Lipinski definition) is 1. The molecule has 0 spiro atoms. The second kappa shape index (κ2) is 11.4. The largest absolute Gasteiger partial charge is 0.501 e. The molecule has 1 aliphatic rings. The van der Waals surface area contributed by atoms with E-state index in [1.54, 1.807) is 0 Å². The fourth-order valence-electron chi connectivity index (χ4n) is 2.46. The summed E-state index contributed by atoms with van der Waals surface area (Å²) in [5.74, 6) is 1.21. The molecule has 0 saturated heterocycles. The molecule has 1 nitrogen and oxygen atoms in total. The molecule has 104 valence electrons. The first kappa shape index (κ1) is 15.3. The Morgan fingerprint density at radius 2 is 1.28 bits per heavy atom. The van der Waals surface area contributed by atoms with Crippen molar-refractivity contribution in [3.63, 3.8) is 0 Å². The molecule has 0 atom stereocenters. The Kier molecular flexibility index (Phi) is 9.69. The van der Waals surface area contributed by atoms with Gasteiger partial charge in [-0.3, -0.25) is 0 Å². The zero-order valence-corrected chi connectivity index (χ0v) is 12.1. The number of hydrogen-bond donors (Lipinski definition) is 0. The molecule has 0 saturated carbocycles. The van der Waals surface area contributed by atoms with Crippen LogP contribution in [0.3, 0.4) is 0 Å². The number of methoxy groups -OCH3 is 1. The zero-order chi connectivity index (χ0) is 12.9. The highest BCUT2D eigenvalue weighted by atomic mass is 16.5. The molecule has 0 aromatic rings. The molecule has 0 aromatic heterocycles. The lowest BCUT2D eigenvalue weighted by molar-refractivity contribution is 0.271. The lowest BCUT2D eigenvalue weighted by atomic mass is 10.1. The quantitative estimate of drug-likeness (QED) is 0.537. The molecule has 18 heavy (non-hydrogen) atoms. The van der Waals surface area contributed by atoms with E-state index in [9.17, 15) is 0 Å². The lowest BCUT2D eigenvalue weighted by Gasteiger charge is -2.07. The highest BCUT2D eigenvalue weighted by Crippen LogP contribution is 2.15. The summed E-state index contributed by atoms with van der Waals surface area (Å²) >= 11 is 0. The fraction of sp³-hybridized carbons (Fsp3) is 0.765. The highest BCUT2D eigenvalue weighted by Gasteiger charge is 1.98. The van der Waals surface area contributed by atoms with Crippen LogP contribution in [0.2, 0.25) is 0 Å². The molecule has 0 aromatic carbocycles. The SMILES string of the molecule is CO/C1=C/CCCCC/C=C\CCCCCCC1. The van der Waals surface area contributed by atoms with E-state index < -0.39 is 0 Å². The molecular weight excluding hydrogens is 220 g/mol. The van der Waals surface area contributed by atoms with Crippen LogP contribution in [0.5, 0.6) is 0 Å².